The Morgan fingerprint density at radius 1 is 1.31 bits per heavy atom. The highest BCUT2D eigenvalue weighted by Gasteiger charge is 2.40. The van der Waals surface area contributed by atoms with E-state index in [1.54, 1.807) is 17.1 Å². The van der Waals surface area contributed by atoms with Crippen molar-refractivity contribution >= 4 is 28.5 Å². The fourth-order valence-electron chi connectivity index (χ4n) is 5.13. The first-order valence-electron chi connectivity index (χ1n) is 12.8. The highest BCUT2D eigenvalue weighted by molar-refractivity contribution is 5.94. The predicted molar refractivity (Wildman–Crippen MR) is 132 cm³/mol. The third kappa shape index (κ3) is 4.84. The number of H-pyrrole nitrogens is 1. The lowest BCUT2D eigenvalue weighted by molar-refractivity contribution is 0.0967. The van der Waals surface area contributed by atoms with Gasteiger partial charge in [-0.15, -0.1) is 5.10 Å². The quantitative estimate of drug-likeness (QED) is 0.431. The zero-order valence-corrected chi connectivity index (χ0v) is 20.7. The zero-order valence-electron chi connectivity index (χ0n) is 20.7. The molecule has 192 valence electrons. The number of anilines is 2. The first-order valence-corrected chi connectivity index (χ1v) is 12.8. The molecule has 3 aromatic heterocycles. The molecule has 0 spiro atoms. The lowest BCUT2D eigenvalue weighted by Gasteiger charge is -2.16. The van der Waals surface area contributed by atoms with E-state index in [9.17, 15) is 4.79 Å². The summed E-state index contributed by atoms with van der Waals surface area (Å²) in [5.41, 5.74) is 2.67. The molecule has 3 unspecified atom stereocenters. The van der Waals surface area contributed by atoms with Crippen molar-refractivity contribution in [2.45, 2.75) is 63.0 Å². The SMILES string of the molecule is Cn1nc(OCC2CCOC2)c2cncc(Nc3cc(C4CCC(OC(=O)NC5(C)CC5)C4)[nH]n3)c21. The van der Waals surface area contributed by atoms with Gasteiger partial charge in [0, 0.05) is 49.0 Å². The summed E-state index contributed by atoms with van der Waals surface area (Å²) < 4.78 is 18.9. The van der Waals surface area contributed by atoms with Gasteiger partial charge in [-0.1, -0.05) is 0 Å². The van der Waals surface area contributed by atoms with E-state index in [1.165, 1.54) is 0 Å². The van der Waals surface area contributed by atoms with Crippen molar-refractivity contribution in [1.82, 2.24) is 30.3 Å². The Kier molecular flexibility index (Phi) is 5.94. The number of fused-ring (bicyclic) bond motifs is 1. The maximum atomic E-state index is 12.2. The van der Waals surface area contributed by atoms with Crippen LogP contribution in [-0.4, -0.2) is 62.5 Å². The fourth-order valence-corrected chi connectivity index (χ4v) is 5.13. The number of carbonyl (C=O) groups excluding carboxylic acids is 1. The number of aromatic nitrogens is 5. The average molecular weight is 496 g/mol. The zero-order chi connectivity index (χ0) is 24.7. The summed E-state index contributed by atoms with van der Waals surface area (Å²) in [5, 5.41) is 19.4. The van der Waals surface area contributed by atoms with Gasteiger partial charge in [0.25, 0.3) is 0 Å². The van der Waals surface area contributed by atoms with Crippen LogP contribution in [0.2, 0.25) is 0 Å². The summed E-state index contributed by atoms with van der Waals surface area (Å²) in [6, 6.07) is 2.02. The van der Waals surface area contributed by atoms with Crippen LogP contribution in [0.15, 0.2) is 18.5 Å². The standard InChI is InChI=1S/C25H33N7O4/c1-25(6-7-25)28-24(33)36-17-4-3-16(9-17)19-10-21(30-29-19)27-20-12-26-11-18-22(20)32(2)31-23(18)35-14-15-5-8-34-13-15/h10-12,15-17H,3-9,13-14H2,1-2H3,(H,28,33)(H2,27,29,30). The van der Waals surface area contributed by atoms with E-state index in [1.807, 2.05) is 20.0 Å². The van der Waals surface area contributed by atoms with Gasteiger partial charge in [-0.05, 0) is 45.4 Å². The van der Waals surface area contributed by atoms with E-state index in [0.29, 0.717) is 24.2 Å². The molecule has 2 saturated carbocycles. The van der Waals surface area contributed by atoms with Crippen molar-refractivity contribution in [2.75, 3.05) is 25.1 Å². The van der Waals surface area contributed by atoms with E-state index in [4.69, 9.17) is 14.2 Å². The Hall–Kier alpha value is -3.34. The number of alkyl carbamates (subject to hydrolysis) is 1. The molecule has 3 aliphatic rings. The van der Waals surface area contributed by atoms with Crippen molar-refractivity contribution in [1.29, 1.82) is 0 Å². The molecule has 6 rings (SSSR count). The first-order chi connectivity index (χ1) is 17.5. The molecule has 3 N–H and O–H groups in total. The maximum Gasteiger partial charge on any atom is 0.407 e. The van der Waals surface area contributed by atoms with Gasteiger partial charge in [-0.2, -0.15) is 5.10 Å². The van der Waals surface area contributed by atoms with Crippen molar-refractivity contribution in [3.05, 3.63) is 24.2 Å². The van der Waals surface area contributed by atoms with Gasteiger partial charge < -0.3 is 24.8 Å². The minimum Gasteiger partial charge on any atom is -0.476 e. The smallest absolute Gasteiger partial charge is 0.407 e. The monoisotopic (exact) mass is 495 g/mol. The Labute approximate surface area is 209 Å². The summed E-state index contributed by atoms with van der Waals surface area (Å²) in [4.78, 5) is 16.6. The number of hydrogen-bond acceptors (Lipinski definition) is 8. The second-order valence-corrected chi connectivity index (χ2v) is 10.6. The summed E-state index contributed by atoms with van der Waals surface area (Å²) in [7, 11) is 1.90. The van der Waals surface area contributed by atoms with Crippen LogP contribution in [0, 0.1) is 5.92 Å². The molecule has 0 radical (unpaired) electrons. The second-order valence-electron chi connectivity index (χ2n) is 10.6. The number of rotatable bonds is 8. The molecule has 4 heterocycles. The topological polar surface area (TPSA) is 128 Å². The molecular weight excluding hydrogens is 462 g/mol. The van der Waals surface area contributed by atoms with Crippen LogP contribution in [0.1, 0.15) is 57.1 Å². The summed E-state index contributed by atoms with van der Waals surface area (Å²) in [5.74, 6) is 1.95. The second kappa shape index (κ2) is 9.27. The van der Waals surface area contributed by atoms with Gasteiger partial charge in [-0.3, -0.25) is 14.8 Å². The molecule has 36 heavy (non-hydrogen) atoms. The number of ether oxygens (including phenoxy) is 3. The number of pyridine rings is 1. The van der Waals surface area contributed by atoms with Gasteiger partial charge in [0.1, 0.15) is 6.10 Å². The Morgan fingerprint density at radius 2 is 2.19 bits per heavy atom. The number of carbonyl (C=O) groups is 1. The van der Waals surface area contributed by atoms with Crippen molar-refractivity contribution in [3.8, 4) is 5.88 Å². The number of aromatic amines is 1. The summed E-state index contributed by atoms with van der Waals surface area (Å²) >= 11 is 0. The molecule has 3 atom stereocenters. The normalized spacial score (nSPS) is 24.7. The maximum absolute atomic E-state index is 12.2. The van der Waals surface area contributed by atoms with Gasteiger partial charge >= 0.3 is 6.09 Å². The lowest BCUT2D eigenvalue weighted by Crippen LogP contribution is -2.36. The van der Waals surface area contributed by atoms with Crippen molar-refractivity contribution < 1.29 is 19.0 Å². The van der Waals surface area contributed by atoms with Crippen LogP contribution >= 0.6 is 0 Å². The van der Waals surface area contributed by atoms with E-state index >= 15 is 0 Å². The van der Waals surface area contributed by atoms with Crippen LogP contribution < -0.4 is 15.4 Å². The number of nitrogens with one attached hydrogen (secondary N) is 3. The Balaban J connectivity index is 1.10. The highest BCUT2D eigenvalue weighted by atomic mass is 16.6. The highest BCUT2D eigenvalue weighted by Crippen LogP contribution is 2.38. The predicted octanol–water partition coefficient (Wildman–Crippen LogP) is 3.77. The third-order valence-corrected chi connectivity index (χ3v) is 7.55. The van der Waals surface area contributed by atoms with Gasteiger partial charge in [-0.25, -0.2) is 4.79 Å². The van der Waals surface area contributed by atoms with Gasteiger partial charge in [0.2, 0.25) is 5.88 Å². The van der Waals surface area contributed by atoms with Crippen molar-refractivity contribution in [3.63, 3.8) is 0 Å². The van der Waals surface area contributed by atoms with E-state index < -0.39 is 0 Å². The van der Waals surface area contributed by atoms with Gasteiger partial charge in [0.05, 0.1) is 36.0 Å². The first kappa shape index (κ1) is 23.1. The molecule has 11 heteroatoms. The Bertz CT molecular complexity index is 1240. The van der Waals surface area contributed by atoms with Crippen LogP contribution in [0.25, 0.3) is 10.9 Å². The molecule has 2 aliphatic carbocycles. The molecule has 1 aliphatic heterocycles. The molecule has 1 amide bonds. The summed E-state index contributed by atoms with van der Waals surface area (Å²) in [6.45, 7) is 4.16. The number of nitrogens with zero attached hydrogens (tertiary/aromatic N) is 4. The number of hydrogen-bond donors (Lipinski definition) is 3. The van der Waals surface area contributed by atoms with Crippen molar-refractivity contribution in [2.24, 2.45) is 13.0 Å². The van der Waals surface area contributed by atoms with Crippen LogP contribution in [-0.2, 0) is 16.5 Å². The lowest BCUT2D eigenvalue weighted by atomic mass is 10.0. The van der Waals surface area contributed by atoms with E-state index in [-0.39, 0.29) is 23.7 Å². The third-order valence-electron chi connectivity index (χ3n) is 7.55. The number of amides is 1. The molecule has 1 saturated heterocycles. The molecule has 0 aromatic carbocycles. The average Bonchev–Trinajstić information content (AvgIpc) is 3.40. The molecule has 0 bridgehead atoms. The van der Waals surface area contributed by atoms with E-state index in [0.717, 1.165) is 74.0 Å². The summed E-state index contributed by atoms with van der Waals surface area (Å²) in [6.07, 6.45) is 8.82. The minimum absolute atomic E-state index is 0.0670. The van der Waals surface area contributed by atoms with E-state index in [2.05, 4.69) is 30.9 Å². The largest absolute Gasteiger partial charge is 0.476 e. The van der Waals surface area contributed by atoms with Crippen LogP contribution in [0.4, 0.5) is 16.3 Å². The van der Waals surface area contributed by atoms with Gasteiger partial charge in [0.15, 0.2) is 5.82 Å². The fraction of sp³-hybridized carbons (Fsp3) is 0.600. The molecule has 3 fully saturated rings. The molecule has 3 aromatic rings. The minimum atomic E-state index is -0.302. The van der Waals surface area contributed by atoms with Crippen LogP contribution in [0.5, 0.6) is 5.88 Å². The number of aryl methyl sites for hydroxylation is 1. The molecule has 11 nitrogen and oxygen atoms in total. The van der Waals surface area contributed by atoms with Crippen LogP contribution in [0.3, 0.4) is 0 Å². The molecular formula is C25H33N7O4. The Morgan fingerprint density at radius 3 is 3.00 bits per heavy atom.